The molecule has 0 spiro atoms. The highest BCUT2D eigenvalue weighted by Gasteiger charge is 2.82. The summed E-state index contributed by atoms with van der Waals surface area (Å²) in [5.74, 6) is -2.56. The van der Waals surface area contributed by atoms with Crippen LogP contribution in [0.5, 0.6) is 0 Å². The van der Waals surface area contributed by atoms with Crippen LogP contribution in [0.3, 0.4) is 0 Å². The number of hydrogen-bond donors (Lipinski definition) is 0. The first-order valence-electron chi connectivity index (χ1n) is 9.27. The van der Waals surface area contributed by atoms with E-state index >= 15 is 0 Å². The molecule has 3 fully saturated rings. The van der Waals surface area contributed by atoms with Crippen LogP contribution >= 0.6 is 0 Å². The molecule has 5 atom stereocenters. The number of fused-ring (bicyclic) bond motifs is 1. The van der Waals surface area contributed by atoms with E-state index in [1.54, 1.807) is 13.8 Å². The van der Waals surface area contributed by atoms with Crippen molar-refractivity contribution in [3.8, 4) is 0 Å². The first-order valence-corrected chi connectivity index (χ1v) is 10.7. The highest BCUT2D eigenvalue weighted by Crippen LogP contribution is 2.66. The number of hydrogen-bond acceptors (Lipinski definition) is 8. The van der Waals surface area contributed by atoms with Gasteiger partial charge in [0.1, 0.15) is 25.4 Å². The van der Waals surface area contributed by atoms with E-state index < -0.39 is 69.0 Å². The number of ether oxygens (including phenoxy) is 3. The maximum Gasteiger partial charge on any atom is 0.508 e. The van der Waals surface area contributed by atoms with Crippen molar-refractivity contribution in [2.75, 3.05) is 13.2 Å². The molecule has 1 saturated heterocycles. The maximum atomic E-state index is 13.5. The average Bonchev–Trinajstić information content (AvgIpc) is 3.19. The van der Waals surface area contributed by atoms with Gasteiger partial charge in [0.15, 0.2) is 4.75 Å². The molecule has 12 heteroatoms. The van der Waals surface area contributed by atoms with Gasteiger partial charge in [-0.15, -0.1) is 0 Å². The molecule has 2 saturated carbocycles. The summed E-state index contributed by atoms with van der Waals surface area (Å²) in [6.45, 7) is 4.72. The van der Waals surface area contributed by atoms with E-state index in [1.165, 1.54) is 0 Å². The van der Waals surface area contributed by atoms with Crippen molar-refractivity contribution in [1.82, 2.24) is 0 Å². The van der Waals surface area contributed by atoms with E-state index in [-0.39, 0.29) is 19.6 Å². The molecule has 29 heavy (non-hydrogen) atoms. The van der Waals surface area contributed by atoms with Gasteiger partial charge >= 0.3 is 18.3 Å². The summed E-state index contributed by atoms with van der Waals surface area (Å²) < 4.78 is 81.4. The van der Waals surface area contributed by atoms with Gasteiger partial charge in [0, 0.05) is 11.8 Å². The van der Waals surface area contributed by atoms with Crippen LogP contribution in [0.15, 0.2) is 0 Å². The molecule has 1 aliphatic heterocycles. The molecule has 5 unspecified atom stereocenters. The minimum atomic E-state index is -4.97. The zero-order valence-electron chi connectivity index (χ0n) is 16.2. The molecule has 2 aliphatic carbocycles. The second-order valence-corrected chi connectivity index (χ2v) is 10.1. The quantitative estimate of drug-likeness (QED) is 0.350. The van der Waals surface area contributed by atoms with Gasteiger partial charge in [-0.3, -0.25) is 8.98 Å². The Bertz CT molecular complexity index is 793. The number of alkyl halides is 3. The SMILES string of the molecule is CCC(C)(C)C(=O)OCCOC(=O)OC1C2CC3C1OS(=O)(=O)C3(C(F)(F)F)C2. The molecule has 3 rings (SSSR count). The third-order valence-electron chi connectivity index (χ3n) is 6.27. The van der Waals surface area contributed by atoms with Crippen molar-refractivity contribution in [2.24, 2.45) is 17.3 Å². The van der Waals surface area contributed by atoms with Crippen molar-refractivity contribution in [3.05, 3.63) is 0 Å². The highest BCUT2D eigenvalue weighted by atomic mass is 32.2. The molecule has 1 heterocycles. The molecule has 0 radical (unpaired) electrons. The zero-order valence-corrected chi connectivity index (χ0v) is 17.0. The summed E-state index contributed by atoms with van der Waals surface area (Å²) in [7, 11) is -4.88. The largest absolute Gasteiger partial charge is 0.508 e. The van der Waals surface area contributed by atoms with Gasteiger partial charge in [0.2, 0.25) is 0 Å². The molecule has 3 aliphatic rings. The summed E-state index contributed by atoms with van der Waals surface area (Å²) in [5.41, 5.74) is -0.681. The monoisotopic (exact) mass is 444 g/mol. The summed E-state index contributed by atoms with van der Waals surface area (Å²) in [6, 6.07) is 0. The van der Waals surface area contributed by atoms with Crippen LogP contribution in [0, 0.1) is 17.3 Å². The minimum Gasteiger partial charge on any atom is -0.462 e. The van der Waals surface area contributed by atoms with E-state index in [1.807, 2.05) is 6.92 Å². The molecule has 0 aromatic carbocycles. The molecular weight excluding hydrogens is 421 g/mol. The molecule has 8 nitrogen and oxygen atoms in total. The molecule has 166 valence electrons. The normalized spacial score (nSPS) is 34.8. The van der Waals surface area contributed by atoms with Gasteiger partial charge in [-0.05, 0) is 33.1 Å². The predicted molar refractivity (Wildman–Crippen MR) is 90.0 cm³/mol. The van der Waals surface area contributed by atoms with Crippen LogP contribution in [0.2, 0.25) is 0 Å². The van der Waals surface area contributed by atoms with Gasteiger partial charge in [-0.1, -0.05) is 6.92 Å². The van der Waals surface area contributed by atoms with E-state index in [0.717, 1.165) is 0 Å². The lowest BCUT2D eigenvalue weighted by molar-refractivity contribution is -0.177. The van der Waals surface area contributed by atoms with E-state index in [2.05, 4.69) is 0 Å². The number of carbonyl (C=O) groups is 2. The second kappa shape index (κ2) is 7.00. The Morgan fingerprint density at radius 1 is 1.17 bits per heavy atom. The Hall–Kier alpha value is -1.56. The number of halogens is 3. The minimum absolute atomic E-state index is 0.0644. The van der Waals surface area contributed by atoms with Gasteiger partial charge in [-0.2, -0.15) is 21.6 Å². The van der Waals surface area contributed by atoms with Crippen LogP contribution in [0.1, 0.15) is 40.0 Å². The smallest absolute Gasteiger partial charge is 0.462 e. The molecule has 0 aromatic heterocycles. The topological polar surface area (TPSA) is 105 Å². The van der Waals surface area contributed by atoms with Crippen molar-refractivity contribution in [3.63, 3.8) is 0 Å². The third-order valence-corrected chi connectivity index (χ3v) is 8.34. The zero-order chi connectivity index (χ0) is 21.8. The van der Waals surface area contributed by atoms with Gasteiger partial charge in [-0.25, -0.2) is 4.79 Å². The molecular formula is C17H23F3O8S. The van der Waals surface area contributed by atoms with E-state index in [4.69, 9.17) is 18.4 Å². The Labute approximate surface area is 166 Å². The van der Waals surface area contributed by atoms with Gasteiger partial charge < -0.3 is 14.2 Å². The third kappa shape index (κ3) is 3.37. The fourth-order valence-corrected chi connectivity index (χ4v) is 6.31. The lowest BCUT2D eigenvalue weighted by atomic mass is 9.84. The first-order chi connectivity index (χ1) is 13.3. The standard InChI is InChI=1S/C17H23F3O8S/c1-4-15(2,3)13(21)25-5-6-26-14(22)27-11-9-7-10-12(11)28-29(23,24)16(10,8-9)17(18,19)20/h9-12H,4-8H2,1-3H3. The van der Waals surface area contributed by atoms with Crippen LogP contribution in [-0.2, 0) is 33.3 Å². The summed E-state index contributed by atoms with van der Waals surface area (Å²) in [5, 5.41) is 0. The van der Waals surface area contributed by atoms with Crippen molar-refractivity contribution in [1.29, 1.82) is 0 Å². The summed E-state index contributed by atoms with van der Waals surface area (Å²) in [4.78, 5) is 23.7. The van der Waals surface area contributed by atoms with Crippen molar-refractivity contribution < 1.29 is 49.6 Å². The Morgan fingerprint density at radius 2 is 1.79 bits per heavy atom. The first kappa shape index (κ1) is 22.1. The molecule has 2 bridgehead atoms. The molecule has 0 aromatic rings. The van der Waals surface area contributed by atoms with E-state index in [9.17, 15) is 31.2 Å². The van der Waals surface area contributed by atoms with Crippen LogP contribution in [0.4, 0.5) is 18.0 Å². The summed E-state index contributed by atoms with van der Waals surface area (Å²) in [6.07, 6.45) is -8.88. The van der Waals surface area contributed by atoms with Crippen LogP contribution in [-0.4, -0.2) is 56.9 Å². The van der Waals surface area contributed by atoms with Gasteiger partial charge in [0.25, 0.3) is 10.1 Å². The Kier molecular flexibility index (Phi) is 5.34. The van der Waals surface area contributed by atoms with Crippen LogP contribution < -0.4 is 0 Å². The van der Waals surface area contributed by atoms with Crippen molar-refractivity contribution >= 4 is 22.2 Å². The molecule has 0 amide bonds. The second-order valence-electron chi connectivity index (χ2n) is 8.26. The average molecular weight is 444 g/mol. The van der Waals surface area contributed by atoms with Gasteiger partial charge in [0.05, 0.1) is 5.41 Å². The highest BCUT2D eigenvalue weighted by molar-refractivity contribution is 7.88. The lowest BCUT2D eigenvalue weighted by Gasteiger charge is -2.33. The Morgan fingerprint density at radius 3 is 2.38 bits per heavy atom. The van der Waals surface area contributed by atoms with Crippen molar-refractivity contribution in [2.45, 2.75) is 63.2 Å². The fourth-order valence-electron chi connectivity index (χ4n) is 4.30. The predicted octanol–water partition coefficient (Wildman–Crippen LogP) is 2.56. The molecule has 0 N–H and O–H groups in total. The fraction of sp³-hybridized carbons (Fsp3) is 0.882. The summed E-state index contributed by atoms with van der Waals surface area (Å²) >= 11 is 0. The number of rotatable bonds is 6. The Balaban J connectivity index is 1.54. The maximum absolute atomic E-state index is 13.5. The van der Waals surface area contributed by atoms with E-state index in [0.29, 0.717) is 6.42 Å². The van der Waals surface area contributed by atoms with Crippen LogP contribution in [0.25, 0.3) is 0 Å². The number of carbonyl (C=O) groups excluding carboxylic acids is 2. The number of esters is 1. The lowest BCUT2D eigenvalue weighted by Crippen LogP contribution is -2.54.